The summed E-state index contributed by atoms with van der Waals surface area (Å²) in [6.45, 7) is 1.81. The number of ether oxygens (including phenoxy) is 1. The van der Waals surface area contributed by atoms with Crippen molar-refractivity contribution in [2.24, 2.45) is 0 Å². The Morgan fingerprint density at radius 2 is 2.00 bits per heavy atom. The van der Waals surface area contributed by atoms with Crippen LogP contribution in [-0.4, -0.2) is 51.5 Å². The van der Waals surface area contributed by atoms with Gasteiger partial charge in [-0.3, -0.25) is 14.6 Å². The van der Waals surface area contributed by atoms with Crippen LogP contribution in [0.5, 0.6) is 11.5 Å². The molecular formula is C22H21N3O4. The minimum Gasteiger partial charge on any atom is -0.508 e. The van der Waals surface area contributed by atoms with Crippen molar-refractivity contribution in [2.45, 2.75) is 24.9 Å². The molecule has 0 bridgehead atoms. The van der Waals surface area contributed by atoms with Crippen LogP contribution < -0.4 is 4.74 Å². The highest BCUT2D eigenvalue weighted by molar-refractivity contribution is 6.08. The monoisotopic (exact) mass is 391 g/mol. The zero-order chi connectivity index (χ0) is 20.5. The lowest BCUT2D eigenvalue weighted by atomic mass is 9.81. The molecule has 2 atom stereocenters. The van der Waals surface area contributed by atoms with Gasteiger partial charge in [0, 0.05) is 30.1 Å². The first-order valence-electron chi connectivity index (χ1n) is 9.44. The maximum absolute atomic E-state index is 13.1. The van der Waals surface area contributed by atoms with Gasteiger partial charge in [0.25, 0.3) is 5.91 Å². The number of urea groups is 1. The lowest BCUT2D eigenvalue weighted by molar-refractivity contribution is -0.132. The number of rotatable bonds is 2. The van der Waals surface area contributed by atoms with E-state index in [2.05, 4.69) is 4.98 Å². The summed E-state index contributed by atoms with van der Waals surface area (Å²) in [5, 5.41) is 11.0. The summed E-state index contributed by atoms with van der Waals surface area (Å²) in [6, 6.07) is 11.7. The van der Waals surface area contributed by atoms with Gasteiger partial charge in [0.2, 0.25) is 0 Å². The maximum atomic E-state index is 13.1. The molecule has 0 unspecified atom stereocenters. The minimum absolute atomic E-state index is 0.112. The lowest BCUT2D eigenvalue weighted by Gasteiger charge is -2.42. The number of amides is 3. The second kappa shape index (κ2) is 5.76. The Morgan fingerprint density at radius 3 is 2.72 bits per heavy atom. The van der Waals surface area contributed by atoms with Crippen molar-refractivity contribution >= 4 is 22.8 Å². The van der Waals surface area contributed by atoms with Crippen molar-refractivity contribution in [3.05, 3.63) is 59.3 Å². The van der Waals surface area contributed by atoms with Crippen LogP contribution in [0.25, 0.3) is 10.9 Å². The number of carbonyl (C=O) groups excluding carboxylic acids is 2. The number of nitrogens with one attached hydrogen (secondary N) is 1. The van der Waals surface area contributed by atoms with Crippen LogP contribution in [-0.2, 0) is 11.2 Å². The summed E-state index contributed by atoms with van der Waals surface area (Å²) in [7, 11) is 3.14. The maximum Gasteiger partial charge on any atom is 0.328 e. The second-order valence-corrected chi connectivity index (χ2v) is 7.89. The van der Waals surface area contributed by atoms with Crippen molar-refractivity contribution in [1.29, 1.82) is 0 Å². The van der Waals surface area contributed by atoms with E-state index in [0.717, 1.165) is 33.5 Å². The van der Waals surface area contributed by atoms with Crippen molar-refractivity contribution in [2.75, 3.05) is 14.2 Å². The molecule has 3 amide bonds. The number of phenols is 1. The number of nitrogens with zero attached hydrogens (tertiary/aromatic N) is 2. The number of imide groups is 1. The zero-order valence-electron chi connectivity index (χ0n) is 16.4. The van der Waals surface area contributed by atoms with E-state index in [1.54, 1.807) is 30.2 Å². The quantitative estimate of drug-likeness (QED) is 0.657. The summed E-state index contributed by atoms with van der Waals surface area (Å²) in [5.41, 5.74) is 2.49. The number of phenolic OH excluding ortho intramolecular Hbond substituents is 1. The number of likely N-dealkylation sites (N-methyl/N-ethyl adjacent to an activating group) is 1. The molecule has 0 spiro atoms. The number of benzene rings is 2. The average molecular weight is 391 g/mol. The van der Waals surface area contributed by atoms with Crippen molar-refractivity contribution in [1.82, 2.24) is 14.8 Å². The fourth-order valence-electron chi connectivity index (χ4n) is 4.76. The smallest absolute Gasteiger partial charge is 0.328 e. The lowest BCUT2D eigenvalue weighted by Crippen LogP contribution is -2.53. The van der Waals surface area contributed by atoms with Gasteiger partial charge < -0.3 is 14.8 Å². The van der Waals surface area contributed by atoms with Gasteiger partial charge >= 0.3 is 6.03 Å². The number of aromatic amines is 1. The van der Waals surface area contributed by atoms with E-state index in [0.29, 0.717) is 6.42 Å². The molecule has 1 fully saturated rings. The fraction of sp³-hybridized carbons (Fsp3) is 0.273. The summed E-state index contributed by atoms with van der Waals surface area (Å²) in [4.78, 5) is 32.4. The van der Waals surface area contributed by atoms with E-state index in [1.807, 2.05) is 31.2 Å². The summed E-state index contributed by atoms with van der Waals surface area (Å²) in [5.74, 6) is 0.614. The Morgan fingerprint density at radius 1 is 1.21 bits per heavy atom. The fourth-order valence-corrected chi connectivity index (χ4v) is 4.76. The number of carbonyl (C=O) groups is 2. The van der Waals surface area contributed by atoms with Crippen LogP contribution in [0.3, 0.4) is 0 Å². The summed E-state index contributed by atoms with van der Waals surface area (Å²) in [6.07, 6.45) is 0.403. The average Bonchev–Trinajstić information content (AvgIpc) is 3.14. The predicted molar refractivity (Wildman–Crippen MR) is 107 cm³/mol. The number of hydrogen-bond acceptors (Lipinski definition) is 4. The van der Waals surface area contributed by atoms with E-state index < -0.39 is 11.6 Å². The molecule has 2 aromatic carbocycles. The van der Waals surface area contributed by atoms with E-state index >= 15 is 0 Å². The molecule has 0 aliphatic carbocycles. The van der Waals surface area contributed by atoms with Gasteiger partial charge in [-0.25, -0.2) is 4.79 Å². The molecule has 0 saturated carbocycles. The topological polar surface area (TPSA) is 85.9 Å². The molecule has 2 N–H and O–H groups in total. The minimum atomic E-state index is -1.01. The van der Waals surface area contributed by atoms with E-state index in [4.69, 9.17) is 4.74 Å². The zero-order valence-corrected chi connectivity index (χ0v) is 16.4. The van der Waals surface area contributed by atoms with Gasteiger partial charge in [-0.2, -0.15) is 0 Å². The molecule has 3 heterocycles. The Kier molecular flexibility index (Phi) is 3.50. The van der Waals surface area contributed by atoms with Gasteiger partial charge in [0.1, 0.15) is 23.1 Å². The first-order valence-corrected chi connectivity index (χ1v) is 9.44. The summed E-state index contributed by atoms with van der Waals surface area (Å²) < 4.78 is 5.39. The molecule has 5 rings (SSSR count). The molecule has 0 radical (unpaired) electrons. The molecule has 1 saturated heterocycles. The second-order valence-electron chi connectivity index (χ2n) is 7.89. The summed E-state index contributed by atoms with van der Waals surface area (Å²) >= 11 is 0. The Bertz CT molecular complexity index is 1180. The third-order valence-electron chi connectivity index (χ3n) is 6.17. The van der Waals surface area contributed by atoms with Crippen molar-refractivity contribution < 1.29 is 19.4 Å². The number of aromatic nitrogens is 1. The third-order valence-corrected chi connectivity index (χ3v) is 6.17. The number of H-pyrrole nitrogens is 1. The Labute approximate surface area is 167 Å². The molecule has 7 nitrogen and oxygen atoms in total. The Balaban J connectivity index is 1.82. The van der Waals surface area contributed by atoms with E-state index in [1.165, 1.54) is 11.9 Å². The number of hydrogen-bond donors (Lipinski definition) is 2. The number of aromatic hydroxyl groups is 1. The van der Waals surface area contributed by atoms with Gasteiger partial charge in [-0.05, 0) is 48.4 Å². The van der Waals surface area contributed by atoms with Crippen molar-refractivity contribution in [3.8, 4) is 11.5 Å². The molecule has 1 aromatic heterocycles. The number of fused-ring (bicyclic) bond motifs is 4. The number of methoxy groups -OCH3 is 1. The largest absolute Gasteiger partial charge is 0.508 e. The van der Waals surface area contributed by atoms with Crippen LogP contribution in [0.4, 0.5) is 4.79 Å². The third kappa shape index (κ3) is 2.24. The van der Waals surface area contributed by atoms with Gasteiger partial charge in [-0.15, -0.1) is 0 Å². The molecule has 2 aliphatic rings. The van der Waals surface area contributed by atoms with Gasteiger partial charge in [0.05, 0.1) is 7.11 Å². The van der Waals surface area contributed by atoms with E-state index in [9.17, 15) is 14.7 Å². The molecule has 148 valence electrons. The highest BCUT2D eigenvalue weighted by Gasteiger charge is 2.59. The molecule has 29 heavy (non-hydrogen) atoms. The van der Waals surface area contributed by atoms with Crippen LogP contribution in [0.15, 0.2) is 42.5 Å². The Hall–Kier alpha value is -3.48. The molecule has 3 aromatic rings. The first kappa shape index (κ1) is 17.6. The van der Waals surface area contributed by atoms with Crippen LogP contribution in [0.2, 0.25) is 0 Å². The van der Waals surface area contributed by atoms with Gasteiger partial charge in [-0.1, -0.05) is 12.1 Å². The van der Waals surface area contributed by atoms with Crippen LogP contribution in [0.1, 0.15) is 29.8 Å². The van der Waals surface area contributed by atoms with Crippen molar-refractivity contribution in [3.63, 3.8) is 0 Å². The van der Waals surface area contributed by atoms with Gasteiger partial charge in [0.15, 0.2) is 0 Å². The standard InChI is InChI=1S/C22H21N3O4/c1-22-11-16-15-10-14(29-3)7-8-17(15)23-18(16)19(12-5-4-6-13(26)9-12)25(22)21(28)24(2)20(22)27/h4-10,19,23,26H,11H2,1-3H3/t19-,22+/m1/s1. The predicted octanol–water partition coefficient (Wildman–Crippen LogP) is 3.18. The molecular weight excluding hydrogens is 370 g/mol. The van der Waals surface area contributed by atoms with Crippen LogP contribution >= 0.6 is 0 Å². The molecule has 7 heteroatoms. The van der Waals surface area contributed by atoms with Crippen LogP contribution in [0, 0.1) is 0 Å². The molecule has 2 aliphatic heterocycles. The highest BCUT2D eigenvalue weighted by Crippen LogP contribution is 2.48. The SMILES string of the molecule is COc1ccc2[nH]c3c(c2c1)C[C@@]1(C)C(=O)N(C)C(=O)N1[C@@H]3c1cccc(O)c1. The highest BCUT2D eigenvalue weighted by atomic mass is 16.5. The first-order chi connectivity index (χ1) is 13.8. The van der Waals surface area contributed by atoms with E-state index in [-0.39, 0.29) is 17.7 Å². The normalized spacial score (nSPS) is 23.5.